The quantitative estimate of drug-likeness (QED) is 0.449. The molecule has 9 heteroatoms. The topological polar surface area (TPSA) is 86.8 Å². The van der Waals surface area contributed by atoms with Crippen molar-refractivity contribution in [3.8, 4) is 0 Å². The molecular weight excluding hydrogens is 498 g/mol. The predicted octanol–water partition coefficient (Wildman–Crippen LogP) is 4.32. The van der Waals surface area contributed by atoms with E-state index in [9.17, 15) is 18.0 Å². The lowest BCUT2D eigenvalue weighted by Crippen LogP contribution is -2.50. The molecule has 0 heterocycles. The standard InChI is InChI=1S/C27H30ClN3O4S/c1-19-14-20(2)16-23(15-19)31(36(34,35)24-11-6-5-7-12-24)18-26(32)30(21(3)27(33)29-4)17-22-10-8-9-13-25(22)28/h5-16,21H,17-18H2,1-4H3,(H,29,33). The van der Waals surface area contributed by atoms with Crippen molar-refractivity contribution in [2.24, 2.45) is 0 Å². The van der Waals surface area contributed by atoms with Gasteiger partial charge in [0.1, 0.15) is 12.6 Å². The summed E-state index contributed by atoms with van der Waals surface area (Å²) in [6, 6.07) is 19.5. The Labute approximate surface area is 217 Å². The zero-order valence-corrected chi connectivity index (χ0v) is 22.3. The van der Waals surface area contributed by atoms with E-state index in [1.54, 1.807) is 61.5 Å². The number of carbonyl (C=O) groups is 2. The van der Waals surface area contributed by atoms with Gasteiger partial charge in [-0.1, -0.05) is 54.1 Å². The zero-order chi connectivity index (χ0) is 26.5. The number of hydrogen-bond donors (Lipinski definition) is 1. The highest BCUT2D eigenvalue weighted by Gasteiger charge is 2.32. The Morgan fingerprint density at radius 1 is 0.944 bits per heavy atom. The van der Waals surface area contributed by atoms with Crippen molar-refractivity contribution in [2.45, 2.75) is 38.3 Å². The van der Waals surface area contributed by atoms with Crippen LogP contribution < -0.4 is 9.62 Å². The van der Waals surface area contributed by atoms with Gasteiger partial charge in [-0.3, -0.25) is 13.9 Å². The lowest BCUT2D eigenvalue weighted by Gasteiger charge is -2.32. The Hall–Kier alpha value is -3.36. The molecule has 1 atom stereocenters. The Kier molecular flexibility index (Phi) is 8.76. The van der Waals surface area contributed by atoms with Crippen molar-refractivity contribution < 1.29 is 18.0 Å². The van der Waals surface area contributed by atoms with E-state index in [0.29, 0.717) is 16.3 Å². The van der Waals surface area contributed by atoms with Gasteiger partial charge in [-0.15, -0.1) is 0 Å². The lowest BCUT2D eigenvalue weighted by atomic mass is 10.1. The second-order valence-electron chi connectivity index (χ2n) is 8.57. The number of nitrogens with one attached hydrogen (secondary N) is 1. The Bertz CT molecular complexity index is 1330. The van der Waals surface area contributed by atoms with E-state index in [1.807, 2.05) is 19.9 Å². The highest BCUT2D eigenvalue weighted by molar-refractivity contribution is 7.92. The van der Waals surface area contributed by atoms with Crippen molar-refractivity contribution in [1.29, 1.82) is 0 Å². The molecule has 0 radical (unpaired) electrons. The molecule has 0 bridgehead atoms. The highest BCUT2D eigenvalue weighted by Crippen LogP contribution is 2.27. The molecule has 36 heavy (non-hydrogen) atoms. The Balaban J connectivity index is 2.07. The van der Waals surface area contributed by atoms with Crippen LogP contribution in [0.2, 0.25) is 5.02 Å². The van der Waals surface area contributed by atoms with Gasteiger partial charge in [0.2, 0.25) is 11.8 Å². The molecule has 0 spiro atoms. The fraction of sp³-hybridized carbons (Fsp3) is 0.259. The number of carbonyl (C=O) groups excluding carboxylic acids is 2. The average molecular weight is 528 g/mol. The highest BCUT2D eigenvalue weighted by atomic mass is 35.5. The molecular formula is C27H30ClN3O4S. The SMILES string of the molecule is CNC(=O)C(C)N(Cc1ccccc1Cl)C(=O)CN(c1cc(C)cc(C)c1)S(=O)(=O)c1ccccc1. The summed E-state index contributed by atoms with van der Waals surface area (Å²) >= 11 is 6.34. The summed E-state index contributed by atoms with van der Waals surface area (Å²) in [5, 5.41) is 3.01. The molecule has 0 aliphatic carbocycles. The zero-order valence-electron chi connectivity index (χ0n) is 20.7. The third kappa shape index (κ3) is 6.25. The molecule has 0 aromatic heterocycles. The summed E-state index contributed by atoms with van der Waals surface area (Å²) in [5.41, 5.74) is 2.73. The fourth-order valence-electron chi connectivity index (χ4n) is 3.94. The first-order valence-corrected chi connectivity index (χ1v) is 13.3. The average Bonchev–Trinajstić information content (AvgIpc) is 2.85. The third-order valence-corrected chi connectivity index (χ3v) is 7.97. The minimum Gasteiger partial charge on any atom is -0.357 e. The van der Waals surface area contributed by atoms with E-state index in [4.69, 9.17) is 11.6 Å². The van der Waals surface area contributed by atoms with Crippen molar-refractivity contribution in [1.82, 2.24) is 10.2 Å². The molecule has 0 saturated carbocycles. The van der Waals surface area contributed by atoms with Gasteiger partial charge in [0.25, 0.3) is 10.0 Å². The number of sulfonamides is 1. The number of nitrogens with zero attached hydrogens (tertiary/aromatic N) is 2. The lowest BCUT2D eigenvalue weighted by molar-refractivity contribution is -0.139. The van der Waals surface area contributed by atoms with Crippen molar-refractivity contribution >= 4 is 39.1 Å². The van der Waals surface area contributed by atoms with E-state index in [0.717, 1.165) is 15.4 Å². The van der Waals surface area contributed by atoms with Gasteiger partial charge in [0.15, 0.2) is 0 Å². The number of benzene rings is 3. The Morgan fingerprint density at radius 2 is 1.53 bits per heavy atom. The molecule has 0 aliphatic heterocycles. The third-order valence-electron chi connectivity index (χ3n) is 5.82. The van der Waals surface area contributed by atoms with Crippen LogP contribution in [0.3, 0.4) is 0 Å². The van der Waals surface area contributed by atoms with Gasteiger partial charge >= 0.3 is 0 Å². The monoisotopic (exact) mass is 527 g/mol. The van der Waals surface area contributed by atoms with Crippen molar-refractivity contribution in [3.63, 3.8) is 0 Å². The van der Waals surface area contributed by atoms with E-state index in [2.05, 4.69) is 5.32 Å². The molecule has 0 aliphatic rings. The Morgan fingerprint density at radius 3 is 2.11 bits per heavy atom. The predicted molar refractivity (Wildman–Crippen MR) is 142 cm³/mol. The number of halogens is 1. The molecule has 3 rings (SSSR count). The summed E-state index contributed by atoms with van der Waals surface area (Å²) in [4.78, 5) is 27.7. The molecule has 190 valence electrons. The maximum atomic E-state index is 13.7. The molecule has 0 fully saturated rings. The van der Waals surface area contributed by atoms with Crippen LogP contribution >= 0.6 is 11.6 Å². The number of hydrogen-bond acceptors (Lipinski definition) is 4. The fourth-order valence-corrected chi connectivity index (χ4v) is 5.56. The summed E-state index contributed by atoms with van der Waals surface area (Å²) in [6.45, 7) is 4.87. The summed E-state index contributed by atoms with van der Waals surface area (Å²) < 4.78 is 28.6. The van der Waals surface area contributed by atoms with Crippen LogP contribution in [0.1, 0.15) is 23.6 Å². The van der Waals surface area contributed by atoms with Crippen molar-refractivity contribution in [3.05, 3.63) is 94.5 Å². The minimum absolute atomic E-state index is 0.0408. The van der Waals surface area contributed by atoms with Gasteiger partial charge in [0.05, 0.1) is 10.6 Å². The second kappa shape index (κ2) is 11.6. The van der Waals surface area contributed by atoms with Gasteiger partial charge in [0, 0.05) is 18.6 Å². The summed E-state index contributed by atoms with van der Waals surface area (Å²) in [5.74, 6) is -0.913. The molecule has 7 nitrogen and oxygen atoms in total. The molecule has 1 unspecified atom stereocenters. The number of likely N-dealkylation sites (N-methyl/N-ethyl adjacent to an activating group) is 1. The van der Waals surface area contributed by atoms with Crippen LogP contribution in [-0.4, -0.2) is 44.8 Å². The largest absolute Gasteiger partial charge is 0.357 e. The first-order valence-electron chi connectivity index (χ1n) is 11.4. The number of rotatable bonds is 9. The normalized spacial score (nSPS) is 12.0. The van der Waals surface area contributed by atoms with Crippen LogP contribution in [-0.2, 0) is 26.2 Å². The van der Waals surface area contributed by atoms with Gasteiger partial charge in [-0.25, -0.2) is 8.42 Å². The van der Waals surface area contributed by atoms with E-state index < -0.39 is 28.5 Å². The summed E-state index contributed by atoms with van der Waals surface area (Å²) in [6.07, 6.45) is 0. The molecule has 1 N–H and O–H groups in total. The van der Waals surface area contributed by atoms with E-state index in [1.165, 1.54) is 24.1 Å². The first kappa shape index (κ1) is 27.2. The van der Waals surface area contributed by atoms with Crippen LogP contribution in [0.4, 0.5) is 5.69 Å². The minimum atomic E-state index is -4.09. The summed E-state index contributed by atoms with van der Waals surface area (Å²) in [7, 11) is -2.60. The van der Waals surface area contributed by atoms with Gasteiger partial charge in [-0.2, -0.15) is 0 Å². The van der Waals surface area contributed by atoms with E-state index >= 15 is 0 Å². The smallest absolute Gasteiger partial charge is 0.264 e. The molecule has 0 saturated heterocycles. The van der Waals surface area contributed by atoms with Crippen LogP contribution in [0.25, 0.3) is 0 Å². The maximum Gasteiger partial charge on any atom is 0.264 e. The van der Waals surface area contributed by atoms with Crippen LogP contribution in [0.15, 0.2) is 77.7 Å². The van der Waals surface area contributed by atoms with Crippen molar-refractivity contribution in [2.75, 3.05) is 17.9 Å². The second-order valence-corrected chi connectivity index (χ2v) is 10.8. The van der Waals surface area contributed by atoms with Gasteiger partial charge < -0.3 is 10.2 Å². The molecule has 3 aromatic rings. The maximum absolute atomic E-state index is 13.7. The number of amides is 2. The van der Waals surface area contributed by atoms with Crippen LogP contribution in [0, 0.1) is 13.8 Å². The molecule has 2 amide bonds. The van der Waals surface area contributed by atoms with Gasteiger partial charge in [-0.05, 0) is 67.8 Å². The van der Waals surface area contributed by atoms with Crippen LogP contribution in [0.5, 0.6) is 0 Å². The first-order chi connectivity index (χ1) is 17.0. The molecule has 3 aromatic carbocycles. The number of anilines is 1. The number of aryl methyl sites for hydroxylation is 2. The van der Waals surface area contributed by atoms with E-state index in [-0.39, 0.29) is 17.3 Å².